The molecule has 1 amide bonds. The molecule has 0 spiro atoms. The second-order valence-corrected chi connectivity index (χ2v) is 6.70. The lowest BCUT2D eigenvalue weighted by Crippen LogP contribution is -2.19. The second-order valence-electron chi connectivity index (χ2n) is 5.67. The molecule has 1 fully saturated rings. The van der Waals surface area contributed by atoms with Crippen molar-refractivity contribution in [2.24, 2.45) is 10.2 Å². The van der Waals surface area contributed by atoms with Gasteiger partial charge >= 0.3 is 0 Å². The summed E-state index contributed by atoms with van der Waals surface area (Å²) >= 11 is 1.13. The molecule has 1 N–H and O–H groups in total. The number of amides is 1. The number of ether oxygens (including phenoxy) is 2. The zero-order valence-electron chi connectivity index (χ0n) is 15.5. The Kier molecular flexibility index (Phi) is 6.25. The molecule has 2 aromatic rings. The first kappa shape index (κ1) is 20.1. The number of rotatable bonds is 6. The Morgan fingerprint density at radius 2 is 1.90 bits per heavy atom. The van der Waals surface area contributed by atoms with Crippen molar-refractivity contribution in [3.63, 3.8) is 0 Å². The standard InChI is InChI=1S/C19H16N4O5S/c1-27-15-8-5-13(16(10-15)28-2)11-20-22-19-21-18(24)17(29-19)9-12-3-6-14(7-4-12)23(25)26/h3-11H,1-2H3,(H,21,22,24)/b17-9+,20-11-. The maximum absolute atomic E-state index is 12.1. The van der Waals surface area contributed by atoms with Gasteiger partial charge in [0.2, 0.25) is 0 Å². The normalized spacial score (nSPS) is 16.4. The van der Waals surface area contributed by atoms with Crippen LogP contribution in [0, 0.1) is 10.1 Å². The summed E-state index contributed by atoms with van der Waals surface area (Å²) in [4.78, 5) is 22.7. The van der Waals surface area contributed by atoms with Crippen molar-refractivity contribution in [3.8, 4) is 11.5 Å². The van der Waals surface area contributed by atoms with Crippen molar-refractivity contribution in [3.05, 3.63) is 68.6 Å². The Labute approximate surface area is 170 Å². The Morgan fingerprint density at radius 3 is 2.55 bits per heavy atom. The Morgan fingerprint density at radius 1 is 1.14 bits per heavy atom. The molecule has 3 rings (SSSR count). The number of thioether (sulfide) groups is 1. The van der Waals surface area contributed by atoms with Gasteiger partial charge in [0.1, 0.15) is 11.5 Å². The van der Waals surface area contributed by atoms with E-state index in [9.17, 15) is 14.9 Å². The molecule has 10 heteroatoms. The predicted octanol–water partition coefficient (Wildman–Crippen LogP) is 3.21. The lowest BCUT2D eigenvalue weighted by Gasteiger charge is -2.06. The maximum atomic E-state index is 12.1. The zero-order chi connectivity index (χ0) is 20.8. The van der Waals surface area contributed by atoms with Gasteiger partial charge in [0.05, 0.1) is 30.3 Å². The molecule has 0 unspecified atom stereocenters. The Hall–Kier alpha value is -3.66. The van der Waals surface area contributed by atoms with Gasteiger partial charge in [0.25, 0.3) is 11.6 Å². The smallest absolute Gasteiger partial charge is 0.269 e. The van der Waals surface area contributed by atoms with Crippen LogP contribution in [0.25, 0.3) is 6.08 Å². The third-order valence-electron chi connectivity index (χ3n) is 3.84. The van der Waals surface area contributed by atoms with Crippen molar-refractivity contribution in [2.45, 2.75) is 0 Å². The summed E-state index contributed by atoms with van der Waals surface area (Å²) in [5, 5.41) is 21.7. The first-order valence-corrected chi connectivity index (χ1v) is 9.10. The van der Waals surface area contributed by atoms with Gasteiger partial charge in [-0.2, -0.15) is 5.10 Å². The fourth-order valence-electron chi connectivity index (χ4n) is 2.39. The molecule has 148 valence electrons. The van der Waals surface area contributed by atoms with Crippen LogP contribution in [0.3, 0.4) is 0 Å². The van der Waals surface area contributed by atoms with Crippen LogP contribution in [0.2, 0.25) is 0 Å². The van der Waals surface area contributed by atoms with Gasteiger partial charge in [-0.25, -0.2) is 0 Å². The largest absolute Gasteiger partial charge is 0.497 e. The summed E-state index contributed by atoms with van der Waals surface area (Å²) in [6, 6.07) is 11.2. The van der Waals surface area contributed by atoms with Crippen molar-refractivity contribution in [2.75, 3.05) is 14.2 Å². The number of methoxy groups -OCH3 is 2. The van der Waals surface area contributed by atoms with Crippen LogP contribution < -0.4 is 14.8 Å². The van der Waals surface area contributed by atoms with Crippen LogP contribution in [-0.2, 0) is 4.79 Å². The minimum absolute atomic E-state index is 0.0128. The van der Waals surface area contributed by atoms with Gasteiger partial charge in [-0.05, 0) is 47.7 Å². The number of nitrogens with zero attached hydrogens (tertiary/aromatic N) is 3. The number of non-ortho nitro benzene ring substituents is 1. The molecular formula is C19H16N4O5S. The number of amidine groups is 1. The highest BCUT2D eigenvalue weighted by molar-refractivity contribution is 8.18. The minimum atomic E-state index is -0.478. The van der Waals surface area contributed by atoms with E-state index in [1.54, 1.807) is 50.6 Å². The topological polar surface area (TPSA) is 115 Å². The van der Waals surface area contributed by atoms with Crippen LogP contribution in [0.5, 0.6) is 11.5 Å². The average Bonchev–Trinajstić information content (AvgIpc) is 3.07. The van der Waals surface area contributed by atoms with E-state index in [0.29, 0.717) is 32.7 Å². The highest BCUT2D eigenvalue weighted by Crippen LogP contribution is 2.27. The van der Waals surface area contributed by atoms with E-state index in [2.05, 4.69) is 15.5 Å². The number of carbonyl (C=O) groups excluding carboxylic acids is 1. The summed E-state index contributed by atoms with van der Waals surface area (Å²) in [6.45, 7) is 0. The maximum Gasteiger partial charge on any atom is 0.269 e. The first-order chi connectivity index (χ1) is 14.0. The van der Waals surface area contributed by atoms with E-state index in [0.717, 1.165) is 11.8 Å². The van der Waals surface area contributed by atoms with Crippen LogP contribution in [0.15, 0.2) is 57.6 Å². The van der Waals surface area contributed by atoms with Crippen molar-refractivity contribution in [1.82, 2.24) is 5.32 Å². The number of nitro groups is 1. The monoisotopic (exact) mass is 412 g/mol. The molecule has 0 aromatic heterocycles. The van der Waals surface area contributed by atoms with Crippen LogP contribution in [-0.4, -0.2) is 36.4 Å². The third kappa shape index (κ3) is 4.99. The van der Waals surface area contributed by atoms with Crippen LogP contribution >= 0.6 is 11.8 Å². The van der Waals surface area contributed by atoms with E-state index < -0.39 is 4.92 Å². The molecule has 0 saturated carbocycles. The number of benzene rings is 2. The minimum Gasteiger partial charge on any atom is -0.497 e. The van der Waals surface area contributed by atoms with Crippen LogP contribution in [0.4, 0.5) is 5.69 Å². The van der Waals surface area contributed by atoms with Crippen molar-refractivity contribution in [1.29, 1.82) is 0 Å². The number of nitro benzene ring substituents is 1. The molecule has 9 nitrogen and oxygen atoms in total. The fraction of sp³-hybridized carbons (Fsp3) is 0.105. The Balaban J connectivity index is 1.72. The van der Waals surface area contributed by atoms with E-state index in [-0.39, 0.29) is 11.6 Å². The summed E-state index contributed by atoms with van der Waals surface area (Å²) in [5.41, 5.74) is 1.36. The number of carbonyl (C=O) groups is 1. The van der Waals surface area contributed by atoms with Gasteiger partial charge in [-0.1, -0.05) is 0 Å². The molecule has 2 aromatic carbocycles. The van der Waals surface area contributed by atoms with Gasteiger partial charge in [0, 0.05) is 23.8 Å². The second kappa shape index (κ2) is 9.02. The molecule has 29 heavy (non-hydrogen) atoms. The molecule has 1 aliphatic heterocycles. The van der Waals surface area contributed by atoms with Gasteiger partial charge < -0.3 is 9.47 Å². The van der Waals surface area contributed by atoms with Crippen molar-refractivity contribution >= 4 is 40.8 Å². The van der Waals surface area contributed by atoms with Crippen LogP contribution in [0.1, 0.15) is 11.1 Å². The number of hydrogen-bond acceptors (Lipinski definition) is 8. The Bertz CT molecular complexity index is 1030. The summed E-state index contributed by atoms with van der Waals surface area (Å²) < 4.78 is 10.4. The van der Waals surface area contributed by atoms with E-state index in [1.807, 2.05) is 0 Å². The third-order valence-corrected chi connectivity index (χ3v) is 4.74. The SMILES string of the molecule is COc1ccc(/C=N\N=C2/NC(=O)/C(=C\c3ccc([N+](=O)[O-])cc3)S2)c(OC)c1. The molecule has 0 bridgehead atoms. The molecule has 1 heterocycles. The van der Waals surface area contributed by atoms with E-state index >= 15 is 0 Å². The van der Waals surface area contributed by atoms with Crippen molar-refractivity contribution < 1.29 is 19.2 Å². The van der Waals surface area contributed by atoms with Gasteiger partial charge in [-0.3, -0.25) is 20.2 Å². The lowest BCUT2D eigenvalue weighted by atomic mass is 10.2. The zero-order valence-corrected chi connectivity index (χ0v) is 16.3. The lowest BCUT2D eigenvalue weighted by molar-refractivity contribution is -0.384. The number of hydrogen-bond donors (Lipinski definition) is 1. The van der Waals surface area contributed by atoms with Gasteiger partial charge in [-0.15, -0.1) is 5.10 Å². The van der Waals surface area contributed by atoms with E-state index in [4.69, 9.17) is 9.47 Å². The summed E-state index contributed by atoms with van der Waals surface area (Å²) in [7, 11) is 3.11. The van der Waals surface area contributed by atoms with E-state index in [1.165, 1.54) is 18.3 Å². The van der Waals surface area contributed by atoms with Gasteiger partial charge in [0.15, 0.2) is 5.17 Å². The number of nitrogens with one attached hydrogen (secondary N) is 1. The molecular weight excluding hydrogens is 396 g/mol. The highest BCUT2D eigenvalue weighted by Gasteiger charge is 2.23. The summed E-state index contributed by atoms with van der Waals surface area (Å²) in [5.74, 6) is 0.921. The predicted molar refractivity (Wildman–Crippen MR) is 111 cm³/mol. The molecule has 1 aliphatic rings. The average molecular weight is 412 g/mol. The molecule has 0 atom stereocenters. The first-order valence-electron chi connectivity index (χ1n) is 8.28. The fourth-order valence-corrected chi connectivity index (χ4v) is 3.17. The molecule has 0 aliphatic carbocycles. The summed E-state index contributed by atoms with van der Waals surface area (Å²) in [6.07, 6.45) is 3.14. The molecule has 1 saturated heterocycles. The highest BCUT2D eigenvalue weighted by atomic mass is 32.2. The molecule has 0 radical (unpaired) electrons. The quantitative estimate of drug-likeness (QED) is 0.337.